The highest BCUT2D eigenvalue weighted by Gasteiger charge is 2.24. The van der Waals surface area contributed by atoms with Crippen molar-refractivity contribution >= 4 is 11.7 Å². The van der Waals surface area contributed by atoms with Gasteiger partial charge < -0.3 is 14.8 Å². The number of nitrogens with one attached hydrogen (secondary N) is 1. The molecule has 2 atom stereocenters. The number of carbonyl (C=O) groups excluding carboxylic acids is 1. The molecule has 1 aliphatic rings. The molecule has 0 radical (unpaired) electrons. The van der Waals surface area contributed by atoms with Crippen molar-refractivity contribution in [1.29, 1.82) is 0 Å². The molecule has 4 nitrogen and oxygen atoms in total. The molecule has 2 unspecified atom stereocenters. The standard InChI is InChI=1S/C14H19NO3/c1-9-8-11(14(16)17-3)4-5-12(9)15-13-6-7-18-10(13)2/h4-5,8,10,13,15H,6-7H2,1-3H3. The average Bonchev–Trinajstić information content (AvgIpc) is 2.76. The van der Waals surface area contributed by atoms with Crippen molar-refractivity contribution in [1.82, 2.24) is 0 Å². The summed E-state index contributed by atoms with van der Waals surface area (Å²) in [5.41, 5.74) is 2.67. The van der Waals surface area contributed by atoms with Crippen molar-refractivity contribution in [2.24, 2.45) is 0 Å². The third-order valence-electron chi connectivity index (χ3n) is 3.36. The molecule has 1 saturated heterocycles. The fourth-order valence-corrected chi connectivity index (χ4v) is 2.19. The monoisotopic (exact) mass is 249 g/mol. The van der Waals surface area contributed by atoms with Gasteiger partial charge in [-0.15, -0.1) is 0 Å². The number of ether oxygens (including phenoxy) is 2. The smallest absolute Gasteiger partial charge is 0.337 e. The molecule has 18 heavy (non-hydrogen) atoms. The highest BCUT2D eigenvalue weighted by molar-refractivity contribution is 5.90. The van der Waals surface area contributed by atoms with Gasteiger partial charge in [0, 0.05) is 12.3 Å². The largest absolute Gasteiger partial charge is 0.465 e. The van der Waals surface area contributed by atoms with Gasteiger partial charge in [-0.2, -0.15) is 0 Å². The van der Waals surface area contributed by atoms with E-state index >= 15 is 0 Å². The predicted octanol–water partition coefficient (Wildman–Crippen LogP) is 2.37. The normalized spacial score (nSPS) is 22.8. The zero-order chi connectivity index (χ0) is 13.1. The number of aryl methyl sites for hydroxylation is 1. The molecule has 1 fully saturated rings. The summed E-state index contributed by atoms with van der Waals surface area (Å²) in [6, 6.07) is 5.88. The molecular formula is C14H19NO3. The first-order valence-corrected chi connectivity index (χ1v) is 6.19. The molecule has 1 aromatic carbocycles. The van der Waals surface area contributed by atoms with Crippen molar-refractivity contribution in [3.05, 3.63) is 29.3 Å². The number of benzene rings is 1. The second kappa shape index (κ2) is 5.40. The summed E-state index contributed by atoms with van der Waals surface area (Å²) in [6.45, 7) is 4.86. The molecule has 4 heteroatoms. The van der Waals surface area contributed by atoms with E-state index in [1.54, 1.807) is 6.07 Å². The molecule has 2 rings (SSSR count). The van der Waals surface area contributed by atoms with E-state index < -0.39 is 0 Å². The number of hydrogen-bond acceptors (Lipinski definition) is 4. The van der Waals surface area contributed by atoms with E-state index in [9.17, 15) is 4.79 Å². The molecule has 0 bridgehead atoms. The Kier molecular flexibility index (Phi) is 3.87. The van der Waals surface area contributed by atoms with Crippen LogP contribution in [0.5, 0.6) is 0 Å². The van der Waals surface area contributed by atoms with Crippen LogP contribution < -0.4 is 5.32 Å². The minimum atomic E-state index is -0.304. The zero-order valence-electron chi connectivity index (χ0n) is 11.0. The Bertz CT molecular complexity index is 445. The molecule has 1 aliphatic heterocycles. The van der Waals surface area contributed by atoms with Gasteiger partial charge in [0.1, 0.15) is 0 Å². The van der Waals surface area contributed by atoms with Crippen molar-refractivity contribution in [2.75, 3.05) is 19.0 Å². The van der Waals surface area contributed by atoms with Gasteiger partial charge in [0.05, 0.1) is 24.8 Å². The van der Waals surface area contributed by atoms with Crippen LogP contribution in [-0.2, 0) is 9.47 Å². The van der Waals surface area contributed by atoms with Crippen LogP contribution in [0, 0.1) is 6.92 Å². The second-order valence-electron chi connectivity index (χ2n) is 4.64. The molecule has 0 aromatic heterocycles. The van der Waals surface area contributed by atoms with Crippen LogP contribution in [0.1, 0.15) is 29.3 Å². The Balaban J connectivity index is 2.12. The average molecular weight is 249 g/mol. The summed E-state index contributed by atoms with van der Waals surface area (Å²) >= 11 is 0. The summed E-state index contributed by atoms with van der Waals surface area (Å²) in [4.78, 5) is 11.4. The maximum Gasteiger partial charge on any atom is 0.337 e. The van der Waals surface area contributed by atoms with E-state index in [1.165, 1.54) is 7.11 Å². The fraction of sp³-hybridized carbons (Fsp3) is 0.500. The van der Waals surface area contributed by atoms with E-state index in [2.05, 4.69) is 12.2 Å². The fourth-order valence-electron chi connectivity index (χ4n) is 2.19. The number of methoxy groups -OCH3 is 1. The zero-order valence-corrected chi connectivity index (χ0v) is 11.0. The number of esters is 1. The van der Waals surface area contributed by atoms with E-state index in [1.807, 2.05) is 19.1 Å². The van der Waals surface area contributed by atoms with Gasteiger partial charge in [-0.3, -0.25) is 0 Å². The van der Waals surface area contributed by atoms with E-state index in [0.717, 1.165) is 24.3 Å². The number of anilines is 1. The molecule has 98 valence electrons. The van der Waals surface area contributed by atoms with Gasteiger partial charge >= 0.3 is 5.97 Å². The van der Waals surface area contributed by atoms with Gasteiger partial charge in [0.25, 0.3) is 0 Å². The highest BCUT2D eigenvalue weighted by Crippen LogP contribution is 2.22. The lowest BCUT2D eigenvalue weighted by molar-refractivity contribution is 0.0600. The molecule has 0 aliphatic carbocycles. The minimum absolute atomic E-state index is 0.227. The summed E-state index contributed by atoms with van der Waals surface area (Å²) in [6.07, 6.45) is 1.24. The second-order valence-corrected chi connectivity index (χ2v) is 4.64. The van der Waals surface area contributed by atoms with Crippen molar-refractivity contribution < 1.29 is 14.3 Å². The van der Waals surface area contributed by atoms with Crippen LogP contribution in [0.2, 0.25) is 0 Å². The maximum atomic E-state index is 11.4. The first kappa shape index (κ1) is 12.9. The third-order valence-corrected chi connectivity index (χ3v) is 3.36. The van der Waals surface area contributed by atoms with E-state index in [0.29, 0.717) is 11.6 Å². The molecular weight excluding hydrogens is 230 g/mol. The van der Waals surface area contributed by atoms with Crippen molar-refractivity contribution in [3.63, 3.8) is 0 Å². The lowest BCUT2D eigenvalue weighted by Gasteiger charge is -2.19. The molecule has 1 aromatic rings. The van der Waals surface area contributed by atoms with Crippen molar-refractivity contribution in [2.45, 2.75) is 32.4 Å². The summed E-state index contributed by atoms with van der Waals surface area (Å²) in [7, 11) is 1.39. The molecule has 0 spiro atoms. The lowest BCUT2D eigenvalue weighted by Crippen LogP contribution is -2.27. The van der Waals surface area contributed by atoms with Crippen LogP contribution in [0.3, 0.4) is 0 Å². The van der Waals surface area contributed by atoms with Crippen LogP contribution in [0.4, 0.5) is 5.69 Å². The van der Waals surface area contributed by atoms with Gasteiger partial charge in [-0.05, 0) is 44.0 Å². The van der Waals surface area contributed by atoms with E-state index in [-0.39, 0.29) is 12.1 Å². The summed E-state index contributed by atoms with van der Waals surface area (Å²) < 4.78 is 10.2. The lowest BCUT2D eigenvalue weighted by atomic mass is 10.1. The number of rotatable bonds is 3. The molecule has 0 amide bonds. The Morgan fingerprint density at radius 3 is 2.83 bits per heavy atom. The Morgan fingerprint density at radius 1 is 1.50 bits per heavy atom. The topological polar surface area (TPSA) is 47.6 Å². The SMILES string of the molecule is COC(=O)c1ccc(NC2CCOC2C)c(C)c1. The van der Waals surface area contributed by atoms with E-state index in [4.69, 9.17) is 9.47 Å². The first-order valence-electron chi connectivity index (χ1n) is 6.19. The van der Waals surface area contributed by atoms with Crippen molar-refractivity contribution in [3.8, 4) is 0 Å². The Hall–Kier alpha value is -1.55. The van der Waals surface area contributed by atoms with Gasteiger partial charge in [-0.25, -0.2) is 4.79 Å². The quantitative estimate of drug-likeness (QED) is 0.835. The molecule has 1 N–H and O–H groups in total. The predicted molar refractivity (Wildman–Crippen MR) is 70.0 cm³/mol. The van der Waals surface area contributed by atoms with Crippen LogP contribution in [0.15, 0.2) is 18.2 Å². The van der Waals surface area contributed by atoms with Crippen LogP contribution >= 0.6 is 0 Å². The number of hydrogen-bond donors (Lipinski definition) is 1. The molecule has 0 saturated carbocycles. The third kappa shape index (κ3) is 2.64. The Morgan fingerprint density at radius 2 is 2.28 bits per heavy atom. The van der Waals surface area contributed by atoms with Gasteiger partial charge in [-0.1, -0.05) is 0 Å². The molecule has 1 heterocycles. The van der Waals surface area contributed by atoms with Gasteiger partial charge in [0.2, 0.25) is 0 Å². The maximum absolute atomic E-state index is 11.4. The highest BCUT2D eigenvalue weighted by atomic mass is 16.5. The van der Waals surface area contributed by atoms with Crippen LogP contribution in [-0.4, -0.2) is 31.8 Å². The van der Waals surface area contributed by atoms with Gasteiger partial charge in [0.15, 0.2) is 0 Å². The first-order chi connectivity index (χ1) is 8.61. The minimum Gasteiger partial charge on any atom is -0.465 e. The summed E-state index contributed by atoms with van der Waals surface area (Å²) in [5.74, 6) is -0.304. The number of carbonyl (C=O) groups is 1. The Labute approximate surface area is 107 Å². The van der Waals surface area contributed by atoms with Crippen LogP contribution in [0.25, 0.3) is 0 Å². The summed E-state index contributed by atoms with van der Waals surface area (Å²) in [5, 5.41) is 3.47.